The molecule has 0 unspecified atom stereocenters. The van der Waals surface area contributed by atoms with Crippen molar-refractivity contribution < 1.29 is 19.1 Å². The Hall–Kier alpha value is -2.15. The maximum atomic E-state index is 13.4. The largest absolute Gasteiger partial charge is 0.483 e. The number of aryl methyl sites for hydroxylation is 1. The fourth-order valence-electron chi connectivity index (χ4n) is 1.98. The molecule has 1 fully saturated rings. The minimum absolute atomic E-state index is 0.250. The average molecular weight is 283 g/mol. The molecule has 2 atom stereocenters. The van der Waals surface area contributed by atoms with Crippen LogP contribution < -0.4 is 16.4 Å². The molecule has 20 heavy (non-hydrogen) atoms. The Morgan fingerprint density at radius 2 is 2.20 bits per heavy atom. The van der Waals surface area contributed by atoms with Crippen LogP contribution in [0.15, 0.2) is 18.2 Å². The molecule has 1 aliphatic rings. The van der Waals surface area contributed by atoms with Gasteiger partial charge in [0.1, 0.15) is 6.17 Å². The molecule has 6 nitrogen and oxygen atoms in total. The van der Waals surface area contributed by atoms with Gasteiger partial charge in [-0.15, -0.1) is 0 Å². The first-order chi connectivity index (χ1) is 9.49. The normalized spacial score (nSPS) is 20.7. The molecule has 7 heteroatoms. The summed E-state index contributed by atoms with van der Waals surface area (Å²) in [4.78, 5) is 19.5. The lowest BCUT2D eigenvalue weighted by Gasteiger charge is -2.16. The van der Waals surface area contributed by atoms with Crippen molar-refractivity contribution in [3.05, 3.63) is 29.3 Å². The lowest BCUT2D eigenvalue weighted by molar-refractivity contribution is -0.122. The molecule has 1 heterocycles. The third kappa shape index (κ3) is 4.20. The molecule has 1 aromatic rings. The highest BCUT2D eigenvalue weighted by Gasteiger charge is 2.26. The van der Waals surface area contributed by atoms with Crippen molar-refractivity contribution in [1.82, 2.24) is 5.32 Å². The molecule has 0 radical (unpaired) electrons. The standard InChI is InChI=1S/C12H16FN3O.CH2O2/c1-7-2-3-8(4-9(7)12(14)17)16-11-6-15-5-10(11)13;2-1-3/h2-4,10-11,15-16H,5-6H2,1H3,(H2,14,17);1H,(H,2,3)/t10-,11-;/m0./s1. The summed E-state index contributed by atoms with van der Waals surface area (Å²) < 4.78 is 13.4. The number of carbonyl (C=O) groups excluding carboxylic acids is 1. The number of primary amides is 1. The highest BCUT2D eigenvalue weighted by molar-refractivity contribution is 5.95. The topological polar surface area (TPSA) is 104 Å². The Morgan fingerprint density at radius 3 is 2.70 bits per heavy atom. The minimum Gasteiger partial charge on any atom is -0.483 e. The van der Waals surface area contributed by atoms with Gasteiger partial charge in [0.25, 0.3) is 6.47 Å². The number of anilines is 1. The van der Waals surface area contributed by atoms with E-state index in [9.17, 15) is 9.18 Å². The molecule has 0 aliphatic carbocycles. The van der Waals surface area contributed by atoms with Gasteiger partial charge in [-0.05, 0) is 24.6 Å². The van der Waals surface area contributed by atoms with Crippen molar-refractivity contribution in [3.8, 4) is 0 Å². The van der Waals surface area contributed by atoms with Crippen LogP contribution >= 0.6 is 0 Å². The van der Waals surface area contributed by atoms with Gasteiger partial charge in [-0.2, -0.15) is 0 Å². The molecular formula is C13H18FN3O3. The van der Waals surface area contributed by atoms with Gasteiger partial charge in [0.15, 0.2) is 0 Å². The van der Waals surface area contributed by atoms with E-state index < -0.39 is 12.1 Å². The van der Waals surface area contributed by atoms with Gasteiger partial charge in [0.05, 0.1) is 6.04 Å². The van der Waals surface area contributed by atoms with Gasteiger partial charge >= 0.3 is 0 Å². The Balaban J connectivity index is 0.000000612. The monoisotopic (exact) mass is 283 g/mol. The molecule has 1 saturated heterocycles. The summed E-state index contributed by atoms with van der Waals surface area (Å²) in [6.07, 6.45) is -0.909. The van der Waals surface area contributed by atoms with Crippen molar-refractivity contribution in [2.75, 3.05) is 18.4 Å². The predicted octanol–water partition coefficient (Wildman–Crippen LogP) is 0.517. The van der Waals surface area contributed by atoms with Crippen LogP contribution in [0, 0.1) is 6.92 Å². The van der Waals surface area contributed by atoms with E-state index in [4.69, 9.17) is 15.6 Å². The fourth-order valence-corrected chi connectivity index (χ4v) is 1.98. The van der Waals surface area contributed by atoms with Crippen LogP contribution in [-0.4, -0.2) is 42.8 Å². The van der Waals surface area contributed by atoms with E-state index in [1.165, 1.54) is 0 Å². The SMILES string of the molecule is Cc1ccc(N[C@H]2CNC[C@@H]2F)cc1C(N)=O.O=CO. The summed E-state index contributed by atoms with van der Waals surface area (Å²) in [5.74, 6) is -0.465. The summed E-state index contributed by atoms with van der Waals surface area (Å²) in [6, 6.07) is 5.05. The number of nitrogens with one attached hydrogen (secondary N) is 2. The Labute approximate surface area is 116 Å². The van der Waals surface area contributed by atoms with Gasteiger partial charge in [0, 0.05) is 24.3 Å². The first kappa shape index (κ1) is 15.9. The van der Waals surface area contributed by atoms with Crippen LogP contribution in [-0.2, 0) is 4.79 Å². The van der Waals surface area contributed by atoms with Crippen LogP contribution in [0.2, 0.25) is 0 Å². The summed E-state index contributed by atoms with van der Waals surface area (Å²) in [5, 5.41) is 12.9. The van der Waals surface area contributed by atoms with Crippen LogP contribution in [0.4, 0.5) is 10.1 Å². The van der Waals surface area contributed by atoms with E-state index in [2.05, 4.69) is 10.6 Å². The smallest absolute Gasteiger partial charge is 0.290 e. The maximum absolute atomic E-state index is 13.4. The van der Waals surface area contributed by atoms with E-state index in [1.807, 2.05) is 13.0 Å². The summed E-state index contributed by atoms with van der Waals surface area (Å²) in [5.41, 5.74) is 7.28. The molecule has 0 bridgehead atoms. The van der Waals surface area contributed by atoms with Crippen molar-refractivity contribution >= 4 is 18.1 Å². The predicted molar refractivity (Wildman–Crippen MR) is 73.6 cm³/mol. The molecule has 1 aliphatic heterocycles. The Kier molecular flexibility index (Phi) is 5.92. The zero-order chi connectivity index (χ0) is 15.1. The van der Waals surface area contributed by atoms with Crippen molar-refractivity contribution in [1.29, 1.82) is 0 Å². The van der Waals surface area contributed by atoms with Crippen molar-refractivity contribution in [2.24, 2.45) is 5.73 Å². The maximum Gasteiger partial charge on any atom is 0.290 e. The number of nitrogens with two attached hydrogens (primary N) is 1. The molecule has 0 saturated carbocycles. The van der Waals surface area contributed by atoms with E-state index >= 15 is 0 Å². The number of hydrogen-bond acceptors (Lipinski definition) is 4. The molecule has 0 spiro atoms. The number of rotatable bonds is 3. The van der Waals surface area contributed by atoms with Gasteiger partial charge in [-0.3, -0.25) is 9.59 Å². The Morgan fingerprint density at radius 1 is 1.55 bits per heavy atom. The third-order valence-electron chi connectivity index (χ3n) is 3.00. The number of halogens is 1. The summed E-state index contributed by atoms with van der Waals surface area (Å²) >= 11 is 0. The van der Waals surface area contributed by atoms with E-state index in [0.29, 0.717) is 18.7 Å². The van der Waals surface area contributed by atoms with Gasteiger partial charge in [-0.1, -0.05) is 6.07 Å². The van der Waals surface area contributed by atoms with Crippen LogP contribution in [0.3, 0.4) is 0 Å². The molecular weight excluding hydrogens is 265 g/mol. The second kappa shape index (κ2) is 7.44. The summed E-state index contributed by atoms with van der Waals surface area (Å²) in [6.45, 7) is 2.52. The minimum atomic E-state index is -0.909. The molecule has 2 rings (SSSR count). The third-order valence-corrected chi connectivity index (χ3v) is 3.00. The number of carbonyl (C=O) groups is 2. The number of hydrogen-bond donors (Lipinski definition) is 4. The number of benzene rings is 1. The molecule has 110 valence electrons. The van der Waals surface area contributed by atoms with Crippen LogP contribution in [0.25, 0.3) is 0 Å². The van der Waals surface area contributed by atoms with Gasteiger partial charge in [0.2, 0.25) is 5.91 Å². The van der Waals surface area contributed by atoms with E-state index in [0.717, 1.165) is 11.3 Å². The second-order valence-electron chi connectivity index (χ2n) is 4.42. The zero-order valence-corrected chi connectivity index (χ0v) is 11.1. The second-order valence-corrected chi connectivity index (χ2v) is 4.42. The first-order valence-electron chi connectivity index (χ1n) is 6.09. The lowest BCUT2D eigenvalue weighted by atomic mass is 10.1. The van der Waals surface area contributed by atoms with E-state index in [1.54, 1.807) is 12.1 Å². The first-order valence-corrected chi connectivity index (χ1v) is 6.09. The van der Waals surface area contributed by atoms with Crippen LogP contribution in [0.1, 0.15) is 15.9 Å². The highest BCUT2D eigenvalue weighted by Crippen LogP contribution is 2.18. The highest BCUT2D eigenvalue weighted by atomic mass is 19.1. The summed E-state index contributed by atoms with van der Waals surface area (Å²) in [7, 11) is 0. The lowest BCUT2D eigenvalue weighted by Crippen LogP contribution is -2.29. The molecule has 5 N–H and O–H groups in total. The van der Waals surface area contributed by atoms with Crippen molar-refractivity contribution in [2.45, 2.75) is 19.1 Å². The van der Waals surface area contributed by atoms with Crippen LogP contribution in [0.5, 0.6) is 0 Å². The van der Waals surface area contributed by atoms with Gasteiger partial charge in [-0.25, -0.2) is 4.39 Å². The number of alkyl halides is 1. The fraction of sp³-hybridized carbons (Fsp3) is 0.385. The molecule has 1 amide bonds. The number of amides is 1. The average Bonchev–Trinajstić information content (AvgIpc) is 2.78. The Bertz CT molecular complexity index is 482. The zero-order valence-electron chi connectivity index (χ0n) is 11.1. The van der Waals surface area contributed by atoms with Gasteiger partial charge < -0.3 is 21.5 Å². The van der Waals surface area contributed by atoms with Crippen molar-refractivity contribution in [3.63, 3.8) is 0 Å². The molecule has 1 aromatic carbocycles. The number of carboxylic acid groups (broad SMARTS) is 1. The van der Waals surface area contributed by atoms with E-state index in [-0.39, 0.29) is 12.5 Å². The quantitative estimate of drug-likeness (QED) is 0.605. The molecule has 0 aromatic heterocycles.